The third-order valence-electron chi connectivity index (χ3n) is 2.68. The highest BCUT2D eigenvalue weighted by atomic mass is 16.4. The Morgan fingerprint density at radius 1 is 1.36 bits per heavy atom. The summed E-state index contributed by atoms with van der Waals surface area (Å²) in [4.78, 5) is 12.9. The summed E-state index contributed by atoms with van der Waals surface area (Å²) in [6, 6.07) is 0. The first-order valence-electron chi connectivity index (χ1n) is 5.32. The van der Waals surface area contributed by atoms with Gasteiger partial charge in [-0.1, -0.05) is 12.5 Å². The normalized spacial score (nSPS) is 19.6. The van der Waals surface area contributed by atoms with Crippen LogP contribution in [0.4, 0.5) is 0 Å². The van der Waals surface area contributed by atoms with Crippen molar-refractivity contribution in [3.63, 3.8) is 0 Å². The molecule has 14 heavy (non-hydrogen) atoms. The van der Waals surface area contributed by atoms with Gasteiger partial charge in [0.25, 0.3) is 0 Å². The third-order valence-corrected chi connectivity index (χ3v) is 2.68. The second kappa shape index (κ2) is 5.81. The average molecular weight is 197 g/mol. The first-order chi connectivity index (χ1) is 6.70. The van der Waals surface area contributed by atoms with Crippen LogP contribution in [0.15, 0.2) is 11.6 Å². The number of hydrogen-bond acceptors (Lipinski definition) is 2. The number of hydrogen-bond donors (Lipinski definition) is 1. The molecule has 0 aromatic heterocycles. The standard InChI is InChI=1S/C11H19NO2/c1-10(11(13)14)6-5-9-12-7-3-2-4-8-12/h6H,2-5,7-9H2,1H3,(H,13,14). The lowest BCUT2D eigenvalue weighted by Gasteiger charge is -2.25. The van der Waals surface area contributed by atoms with Crippen LogP contribution in [0.5, 0.6) is 0 Å². The van der Waals surface area contributed by atoms with Crippen LogP contribution >= 0.6 is 0 Å². The Kier molecular flexibility index (Phi) is 4.66. The van der Waals surface area contributed by atoms with Gasteiger partial charge in [-0.3, -0.25) is 0 Å². The molecule has 0 saturated carbocycles. The maximum atomic E-state index is 10.5. The molecule has 1 rings (SSSR count). The molecule has 1 saturated heterocycles. The zero-order valence-electron chi connectivity index (χ0n) is 8.83. The number of nitrogens with zero attached hydrogens (tertiary/aromatic N) is 1. The fourth-order valence-electron chi connectivity index (χ4n) is 1.73. The van der Waals surface area contributed by atoms with Gasteiger partial charge in [-0.2, -0.15) is 0 Å². The van der Waals surface area contributed by atoms with Crippen LogP contribution < -0.4 is 0 Å². The van der Waals surface area contributed by atoms with Gasteiger partial charge >= 0.3 is 5.97 Å². The molecule has 3 heteroatoms. The van der Waals surface area contributed by atoms with E-state index in [1.807, 2.05) is 6.08 Å². The molecule has 1 fully saturated rings. The lowest BCUT2D eigenvalue weighted by Crippen LogP contribution is -2.30. The smallest absolute Gasteiger partial charge is 0.330 e. The number of piperidine rings is 1. The van der Waals surface area contributed by atoms with Gasteiger partial charge < -0.3 is 10.0 Å². The quantitative estimate of drug-likeness (QED) is 0.700. The molecular weight excluding hydrogens is 178 g/mol. The predicted octanol–water partition coefficient (Wildman–Crippen LogP) is 1.89. The molecule has 80 valence electrons. The lowest BCUT2D eigenvalue weighted by atomic mass is 10.1. The highest BCUT2D eigenvalue weighted by Gasteiger charge is 2.08. The van der Waals surface area contributed by atoms with Gasteiger partial charge in [0, 0.05) is 12.1 Å². The van der Waals surface area contributed by atoms with Gasteiger partial charge in [-0.25, -0.2) is 4.79 Å². The van der Waals surface area contributed by atoms with Crippen LogP contribution in [0.2, 0.25) is 0 Å². The van der Waals surface area contributed by atoms with Gasteiger partial charge in [0.1, 0.15) is 0 Å². The van der Waals surface area contributed by atoms with E-state index >= 15 is 0 Å². The highest BCUT2D eigenvalue weighted by molar-refractivity contribution is 5.85. The summed E-state index contributed by atoms with van der Waals surface area (Å²) in [5.74, 6) is -0.802. The summed E-state index contributed by atoms with van der Waals surface area (Å²) in [5.41, 5.74) is 0.460. The molecule has 0 unspecified atom stereocenters. The summed E-state index contributed by atoms with van der Waals surface area (Å²) < 4.78 is 0. The lowest BCUT2D eigenvalue weighted by molar-refractivity contribution is -0.132. The fraction of sp³-hybridized carbons (Fsp3) is 0.727. The number of rotatable bonds is 4. The van der Waals surface area contributed by atoms with Crippen LogP contribution in [-0.4, -0.2) is 35.6 Å². The van der Waals surface area contributed by atoms with E-state index in [1.165, 1.54) is 32.4 Å². The molecule has 1 aliphatic heterocycles. The SMILES string of the molecule is CC(=CCCN1CCCCC1)C(=O)O. The van der Waals surface area contributed by atoms with Crippen molar-refractivity contribution in [2.75, 3.05) is 19.6 Å². The van der Waals surface area contributed by atoms with Crippen molar-refractivity contribution in [2.45, 2.75) is 32.6 Å². The van der Waals surface area contributed by atoms with E-state index in [0.717, 1.165) is 13.0 Å². The molecule has 0 aromatic rings. The minimum Gasteiger partial charge on any atom is -0.478 e. The first kappa shape index (κ1) is 11.2. The van der Waals surface area contributed by atoms with Crippen LogP contribution in [0.1, 0.15) is 32.6 Å². The Labute approximate surface area is 85.4 Å². The third kappa shape index (κ3) is 3.92. The monoisotopic (exact) mass is 197 g/mol. The Hall–Kier alpha value is -0.830. The predicted molar refractivity (Wildman–Crippen MR) is 56.3 cm³/mol. The number of carboxylic acid groups (broad SMARTS) is 1. The van der Waals surface area contributed by atoms with Gasteiger partial charge in [0.05, 0.1) is 0 Å². The number of likely N-dealkylation sites (tertiary alicyclic amines) is 1. The molecule has 0 aliphatic carbocycles. The summed E-state index contributed by atoms with van der Waals surface area (Å²) in [6.07, 6.45) is 6.61. The van der Waals surface area contributed by atoms with Crippen molar-refractivity contribution >= 4 is 5.97 Å². The van der Waals surface area contributed by atoms with E-state index in [4.69, 9.17) is 5.11 Å². The van der Waals surface area contributed by atoms with Crippen LogP contribution in [0.25, 0.3) is 0 Å². The Balaban J connectivity index is 2.19. The molecule has 1 aliphatic rings. The topological polar surface area (TPSA) is 40.5 Å². The molecule has 0 atom stereocenters. The molecule has 0 aromatic carbocycles. The molecule has 0 spiro atoms. The van der Waals surface area contributed by atoms with Crippen LogP contribution in [0.3, 0.4) is 0 Å². The van der Waals surface area contributed by atoms with E-state index in [2.05, 4.69) is 4.90 Å². The zero-order chi connectivity index (χ0) is 10.4. The van der Waals surface area contributed by atoms with E-state index < -0.39 is 5.97 Å². The molecule has 0 amide bonds. The Bertz CT molecular complexity index is 217. The summed E-state index contributed by atoms with van der Waals surface area (Å²) in [6.45, 7) is 5.02. The maximum absolute atomic E-state index is 10.5. The van der Waals surface area contributed by atoms with Crippen molar-refractivity contribution in [1.29, 1.82) is 0 Å². The van der Waals surface area contributed by atoms with Gasteiger partial charge in [-0.15, -0.1) is 0 Å². The highest BCUT2D eigenvalue weighted by Crippen LogP contribution is 2.09. The maximum Gasteiger partial charge on any atom is 0.330 e. The minimum atomic E-state index is -0.802. The summed E-state index contributed by atoms with van der Waals surface area (Å²) in [5, 5.41) is 8.64. The molecule has 1 heterocycles. The van der Waals surface area contributed by atoms with Crippen molar-refractivity contribution in [2.24, 2.45) is 0 Å². The summed E-state index contributed by atoms with van der Waals surface area (Å²) >= 11 is 0. The van der Waals surface area contributed by atoms with E-state index in [9.17, 15) is 4.79 Å². The van der Waals surface area contributed by atoms with Gasteiger partial charge in [-0.05, 0) is 39.3 Å². The number of carbonyl (C=O) groups is 1. The Morgan fingerprint density at radius 3 is 2.57 bits per heavy atom. The molecular formula is C11H19NO2. The van der Waals surface area contributed by atoms with Crippen LogP contribution in [-0.2, 0) is 4.79 Å². The van der Waals surface area contributed by atoms with Crippen molar-refractivity contribution in [3.05, 3.63) is 11.6 Å². The zero-order valence-corrected chi connectivity index (χ0v) is 8.83. The first-order valence-corrected chi connectivity index (χ1v) is 5.32. The number of carboxylic acids is 1. The van der Waals surface area contributed by atoms with Crippen LogP contribution in [0, 0.1) is 0 Å². The number of aliphatic carboxylic acids is 1. The summed E-state index contributed by atoms with van der Waals surface area (Å²) in [7, 11) is 0. The van der Waals surface area contributed by atoms with E-state index in [0.29, 0.717) is 5.57 Å². The average Bonchev–Trinajstić information content (AvgIpc) is 2.19. The van der Waals surface area contributed by atoms with Crippen molar-refractivity contribution in [1.82, 2.24) is 4.90 Å². The van der Waals surface area contributed by atoms with E-state index in [1.54, 1.807) is 6.92 Å². The minimum absolute atomic E-state index is 0.460. The molecule has 3 nitrogen and oxygen atoms in total. The Morgan fingerprint density at radius 2 is 2.00 bits per heavy atom. The second-order valence-corrected chi connectivity index (χ2v) is 3.88. The molecule has 0 radical (unpaired) electrons. The van der Waals surface area contributed by atoms with Gasteiger partial charge in [0.15, 0.2) is 0 Å². The second-order valence-electron chi connectivity index (χ2n) is 3.88. The van der Waals surface area contributed by atoms with Gasteiger partial charge in [0.2, 0.25) is 0 Å². The fourth-order valence-corrected chi connectivity index (χ4v) is 1.73. The largest absolute Gasteiger partial charge is 0.478 e. The van der Waals surface area contributed by atoms with Crippen molar-refractivity contribution in [3.8, 4) is 0 Å². The molecule has 0 bridgehead atoms. The molecule has 1 N–H and O–H groups in total. The van der Waals surface area contributed by atoms with Crippen molar-refractivity contribution < 1.29 is 9.90 Å². The van der Waals surface area contributed by atoms with E-state index in [-0.39, 0.29) is 0 Å².